The van der Waals surface area contributed by atoms with Gasteiger partial charge in [0.15, 0.2) is 0 Å². The van der Waals surface area contributed by atoms with Gasteiger partial charge in [-0.05, 0) is 26.8 Å². The van der Waals surface area contributed by atoms with Gasteiger partial charge in [-0.15, -0.1) is 0 Å². The number of nitro groups is 1. The zero-order chi connectivity index (χ0) is 15.1. The maximum absolute atomic E-state index is 13.4. The fourth-order valence-corrected chi connectivity index (χ4v) is 1.60. The molecule has 1 N–H and O–H groups in total. The van der Waals surface area contributed by atoms with E-state index in [-0.39, 0.29) is 18.2 Å². The molecule has 1 aromatic rings. The molecular formula is C13H18F2N2O3. The Morgan fingerprint density at radius 3 is 2.65 bits per heavy atom. The molecule has 0 fully saturated rings. The molecule has 0 unspecified atom stereocenters. The van der Waals surface area contributed by atoms with Crippen molar-refractivity contribution in [3.63, 3.8) is 0 Å². The van der Waals surface area contributed by atoms with E-state index in [2.05, 4.69) is 5.32 Å². The van der Waals surface area contributed by atoms with E-state index >= 15 is 0 Å². The number of halogens is 2. The SMILES string of the molecule is CC(C)OCCCNCc1cc([N+](=O)[O-])c(F)cc1F. The van der Waals surface area contributed by atoms with Crippen LogP contribution in [0, 0.1) is 21.7 Å². The first-order chi connectivity index (χ1) is 9.41. The summed E-state index contributed by atoms with van der Waals surface area (Å²) >= 11 is 0. The van der Waals surface area contributed by atoms with Gasteiger partial charge in [0.2, 0.25) is 5.82 Å². The second-order valence-corrected chi connectivity index (χ2v) is 4.60. The quantitative estimate of drug-likeness (QED) is 0.454. The lowest BCUT2D eigenvalue weighted by Crippen LogP contribution is -2.18. The van der Waals surface area contributed by atoms with Gasteiger partial charge in [0.05, 0.1) is 11.0 Å². The smallest absolute Gasteiger partial charge is 0.305 e. The predicted molar refractivity (Wildman–Crippen MR) is 70.4 cm³/mol. The molecule has 0 saturated heterocycles. The van der Waals surface area contributed by atoms with Gasteiger partial charge in [-0.1, -0.05) is 0 Å². The molecule has 1 rings (SSSR count). The highest BCUT2D eigenvalue weighted by atomic mass is 19.1. The molecule has 0 radical (unpaired) electrons. The summed E-state index contributed by atoms with van der Waals surface area (Å²) in [5.74, 6) is -1.96. The fraction of sp³-hybridized carbons (Fsp3) is 0.538. The third-order valence-corrected chi connectivity index (χ3v) is 2.58. The first kappa shape index (κ1) is 16.5. The summed E-state index contributed by atoms with van der Waals surface area (Å²) < 4.78 is 31.9. The average Bonchev–Trinajstić information content (AvgIpc) is 2.34. The van der Waals surface area contributed by atoms with Gasteiger partial charge in [0.1, 0.15) is 5.82 Å². The van der Waals surface area contributed by atoms with Crippen LogP contribution in [0.1, 0.15) is 25.8 Å². The highest BCUT2D eigenvalue weighted by Gasteiger charge is 2.18. The van der Waals surface area contributed by atoms with E-state index in [4.69, 9.17) is 4.74 Å². The molecule has 0 saturated carbocycles. The number of ether oxygens (including phenoxy) is 1. The van der Waals surface area contributed by atoms with E-state index in [9.17, 15) is 18.9 Å². The fourth-order valence-electron chi connectivity index (χ4n) is 1.60. The Balaban J connectivity index is 2.47. The Morgan fingerprint density at radius 1 is 1.35 bits per heavy atom. The van der Waals surface area contributed by atoms with Crippen LogP contribution in [0.25, 0.3) is 0 Å². The number of nitrogens with one attached hydrogen (secondary N) is 1. The van der Waals surface area contributed by atoms with Crippen molar-refractivity contribution in [2.45, 2.75) is 32.9 Å². The van der Waals surface area contributed by atoms with Gasteiger partial charge in [0, 0.05) is 30.8 Å². The van der Waals surface area contributed by atoms with Crippen LogP contribution in [0.2, 0.25) is 0 Å². The van der Waals surface area contributed by atoms with Gasteiger partial charge in [-0.3, -0.25) is 10.1 Å². The Kier molecular flexibility index (Phi) is 6.47. The zero-order valence-corrected chi connectivity index (χ0v) is 11.5. The average molecular weight is 288 g/mol. The first-order valence-corrected chi connectivity index (χ1v) is 6.36. The van der Waals surface area contributed by atoms with E-state index in [1.807, 2.05) is 13.8 Å². The monoisotopic (exact) mass is 288 g/mol. The standard InChI is InChI=1S/C13H18F2N2O3/c1-9(2)20-5-3-4-16-8-10-6-13(17(18)19)12(15)7-11(10)14/h6-7,9,16H,3-5,8H2,1-2H3. The Labute approximate surface area is 116 Å². The van der Waals surface area contributed by atoms with E-state index in [0.717, 1.165) is 12.5 Å². The van der Waals surface area contributed by atoms with E-state index in [1.54, 1.807) is 0 Å². The Morgan fingerprint density at radius 2 is 2.05 bits per heavy atom. The van der Waals surface area contributed by atoms with Gasteiger partial charge in [0.25, 0.3) is 0 Å². The number of hydrogen-bond donors (Lipinski definition) is 1. The normalized spacial score (nSPS) is 11.1. The van der Waals surface area contributed by atoms with Gasteiger partial charge in [-0.2, -0.15) is 4.39 Å². The van der Waals surface area contributed by atoms with Crippen LogP contribution in [0.5, 0.6) is 0 Å². The predicted octanol–water partition coefficient (Wildman–Crippen LogP) is 2.78. The summed E-state index contributed by atoms with van der Waals surface area (Å²) in [5.41, 5.74) is -0.644. The van der Waals surface area contributed by atoms with Crippen LogP contribution in [0.15, 0.2) is 12.1 Å². The van der Waals surface area contributed by atoms with Crippen molar-refractivity contribution in [2.75, 3.05) is 13.2 Å². The molecule has 0 spiro atoms. The third kappa shape index (κ3) is 5.18. The second-order valence-electron chi connectivity index (χ2n) is 4.60. The van der Waals surface area contributed by atoms with E-state index in [1.165, 1.54) is 0 Å². The lowest BCUT2D eigenvalue weighted by molar-refractivity contribution is -0.387. The Hall–Kier alpha value is -1.60. The largest absolute Gasteiger partial charge is 0.379 e. The van der Waals surface area contributed by atoms with E-state index in [0.29, 0.717) is 19.2 Å². The summed E-state index contributed by atoms with van der Waals surface area (Å²) in [4.78, 5) is 9.70. The van der Waals surface area contributed by atoms with Crippen molar-refractivity contribution in [3.8, 4) is 0 Å². The molecule has 5 nitrogen and oxygen atoms in total. The lowest BCUT2D eigenvalue weighted by atomic mass is 10.1. The minimum absolute atomic E-state index is 0.0721. The summed E-state index contributed by atoms with van der Waals surface area (Å²) in [6.07, 6.45) is 0.899. The molecule has 112 valence electrons. The van der Waals surface area contributed by atoms with Crippen molar-refractivity contribution in [1.29, 1.82) is 0 Å². The first-order valence-electron chi connectivity index (χ1n) is 6.36. The minimum atomic E-state index is -1.17. The van der Waals surface area contributed by atoms with Crippen LogP contribution >= 0.6 is 0 Å². The molecule has 0 heterocycles. The number of benzene rings is 1. The number of nitro benzene ring substituents is 1. The summed E-state index contributed by atoms with van der Waals surface area (Å²) in [6, 6.07) is 1.46. The van der Waals surface area contributed by atoms with Crippen molar-refractivity contribution in [3.05, 3.63) is 39.4 Å². The Bertz CT molecular complexity index is 467. The zero-order valence-electron chi connectivity index (χ0n) is 11.5. The van der Waals surface area contributed by atoms with Crippen LogP contribution in [-0.2, 0) is 11.3 Å². The molecule has 0 atom stereocenters. The molecule has 0 bridgehead atoms. The van der Waals surface area contributed by atoms with Crippen LogP contribution in [0.4, 0.5) is 14.5 Å². The van der Waals surface area contributed by atoms with Crippen molar-refractivity contribution in [1.82, 2.24) is 5.32 Å². The lowest BCUT2D eigenvalue weighted by Gasteiger charge is -2.08. The topological polar surface area (TPSA) is 64.4 Å². The number of nitrogens with zero attached hydrogens (tertiary/aromatic N) is 1. The van der Waals surface area contributed by atoms with Crippen molar-refractivity contribution in [2.24, 2.45) is 0 Å². The minimum Gasteiger partial charge on any atom is -0.379 e. The van der Waals surface area contributed by atoms with Crippen LogP contribution in [0.3, 0.4) is 0 Å². The molecule has 0 aliphatic rings. The number of rotatable bonds is 8. The summed E-state index contributed by atoms with van der Waals surface area (Å²) in [7, 11) is 0. The van der Waals surface area contributed by atoms with E-state index < -0.39 is 22.2 Å². The van der Waals surface area contributed by atoms with Crippen LogP contribution in [-0.4, -0.2) is 24.2 Å². The van der Waals surface area contributed by atoms with Crippen molar-refractivity contribution < 1.29 is 18.4 Å². The molecule has 0 aliphatic heterocycles. The van der Waals surface area contributed by atoms with Gasteiger partial charge >= 0.3 is 5.69 Å². The maximum Gasteiger partial charge on any atom is 0.305 e. The molecule has 7 heteroatoms. The highest BCUT2D eigenvalue weighted by molar-refractivity contribution is 5.37. The molecule has 0 aromatic heterocycles. The molecule has 0 aliphatic carbocycles. The van der Waals surface area contributed by atoms with Gasteiger partial charge < -0.3 is 10.1 Å². The summed E-state index contributed by atoms with van der Waals surface area (Å²) in [6.45, 7) is 5.13. The van der Waals surface area contributed by atoms with Crippen LogP contribution < -0.4 is 5.32 Å². The van der Waals surface area contributed by atoms with Crippen molar-refractivity contribution >= 4 is 5.69 Å². The summed E-state index contributed by atoms with van der Waals surface area (Å²) in [5, 5.41) is 13.5. The number of hydrogen-bond acceptors (Lipinski definition) is 4. The molecule has 1 aromatic carbocycles. The maximum atomic E-state index is 13.4. The highest BCUT2D eigenvalue weighted by Crippen LogP contribution is 2.21. The third-order valence-electron chi connectivity index (χ3n) is 2.58. The molecule has 0 amide bonds. The van der Waals surface area contributed by atoms with Gasteiger partial charge in [-0.25, -0.2) is 4.39 Å². The molecule has 20 heavy (non-hydrogen) atoms. The molecular weight excluding hydrogens is 270 g/mol. The second kappa shape index (κ2) is 7.86.